The molecule has 0 saturated heterocycles. The molecule has 1 aromatic carbocycles. The van der Waals surface area contributed by atoms with Crippen molar-refractivity contribution in [2.75, 3.05) is 0 Å². The zero-order valence-electron chi connectivity index (χ0n) is 8.98. The van der Waals surface area contributed by atoms with Gasteiger partial charge < -0.3 is 0 Å². The van der Waals surface area contributed by atoms with Gasteiger partial charge in [0.05, 0.1) is 5.25 Å². The van der Waals surface area contributed by atoms with Crippen LogP contribution in [0.2, 0.25) is 0 Å². The van der Waals surface area contributed by atoms with Gasteiger partial charge in [0, 0.05) is 11.3 Å². The van der Waals surface area contributed by atoms with E-state index in [4.69, 9.17) is 0 Å². The molecule has 80 valence electrons. The van der Waals surface area contributed by atoms with Gasteiger partial charge in [0.1, 0.15) is 5.78 Å². The van der Waals surface area contributed by atoms with E-state index in [9.17, 15) is 4.79 Å². The summed E-state index contributed by atoms with van der Waals surface area (Å²) in [5, 5.41) is 0.182. The molecule has 1 nitrogen and oxygen atoms in total. The van der Waals surface area contributed by atoms with Crippen molar-refractivity contribution >= 4 is 17.5 Å². The van der Waals surface area contributed by atoms with Crippen molar-refractivity contribution in [1.82, 2.24) is 0 Å². The Kier molecular flexibility index (Phi) is 3.47. The predicted molar refractivity (Wildman–Crippen MR) is 64.1 cm³/mol. The number of thioether (sulfide) groups is 1. The molecular formula is C13H16OS. The Morgan fingerprint density at radius 3 is 2.67 bits per heavy atom. The number of rotatable bonds is 2. The fraction of sp³-hybridized carbons (Fsp3) is 0.462. The van der Waals surface area contributed by atoms with E-state index in [1.165, 1.54) is 11.3 Å². The van der Waals surface area contributed by atoms with Crippen molar-refractivity contribution in [3.8, 4) is 0 Å². The van der Waals surface area contributed by atoms with Crippen LogP contribution >= 0.6 is 11.8 Å². The smallest absolute Gasteiger partial charge is 0.146 e. The fourth-order valence-corrected chi connectivity index (χ4v) is 3.26. The van der Waals surface area contributed by atoms with E-state index in [0.29, 0.717) is 11.7 Å². The maximum absolute atomic E-state index is 11.8. The Hall–Kier alpha value is -0.760. The first kappa shape index (κ1) is 10.7. The average molecular weight is 220 g/mol. The van der Waals surface area contributed by atoms with Gasteiger partial charge in [-0.25, -0.2) is 0 Å². The molecule has 0 radical (unpaired) electrons. The number of Topliss-reactive ketones (excluding diaryl/α,β-unsaturated/α-hetero) is 1. The van der Waals surface area contributed by atoms with Crippen LogP contribution in [0, 0.1) is 5.92 Å². The second kappa shape index (κ2) is 4.84. The van der Waals surface area contributed by atoms with E-state index >= 15 is 0 Å². The summed E-state index contributed by atoms with van der Waals surface area (Å²) in [5.74, 6) is 0.957. The minimum atomic E-state index is 0.182. The van der Waals surface area contributed by atoms with Crippen LogP contribution in [0.15, 0.2) is 35.2 Å². The molecule has 2 heteroatoms. The Balaban J connectivity index is 2.07. The number of benzene rings is 1. The highest BCUT2D eigenvalue weighted by Gasteiger charge is 2.29. The molecule has 0 spiro atoms. The molecule has 0 heterocycles. The van der Waals surface area contributed by atoms with E-state index in [2.05, 4.69) is 19.1 Å². The van der Waals surface area contributed by atoms with Crippen molar-refractivity contribution in [1.29, 1.82) is 0 Å². The van der Waals surface area contributed by atoms with Gasteiger partial charge >= 0.3 is 0 Å². The van der Waals surface area contributed by atoms with Crippen LogP contribution in [0.3, 0.4) is 0 Å². The maximum atomic E-state index is 11.8. The van der Waals surface area contributed by atoms with Crippen LogP contribution in [0.25, 0.3) is 0 Å². The van der Waals surface area contributed by atoms with Crippen LogP contribution in [0.4, 0.5) is 0 Å². The molecule has 15 heavy (non-hydrogen) atoms. The van der Waals surface area contributed by atoms with Gasteiger partial charge in [-0.1, -0.05) is 25.1 Å². The first-order chi connectivity index (χ1) is 7.27. The summed E-state index contributed by atoms with van der Waals surface area (Å²) < 4.78 is 0. The lowest BCUT2D eigenvalue weighted by atomic mass is 9.89. The molecule has 0 unspecified atom stereocenters. The minimum absolute atomic E-state index is 0.182. The van der Waals surface area contributed by atoms with Crippen LogP contribution in [-0.2, 0) is 4.79 Å². The zero-order valence-corrected chi connectivity index (χ0v) is 9.80. The Bertz CT molecular complexity index is 334. The molecule has 2 atom stereocenters. The normalized spacial score (nSPS) is 26.6. The number of carbonyl (C=O) groups is 1. The second-order valence-electron chi connectivity index (χ2n) is 4.19. The standard InChI is InChI=1S/C13H16OS/c1-10-6-5-9-12(14)13(10)15-11-7-3-2-4-8-11/h2-4,7-8,10,13H,5-6,9H2,1H3/t10-,13-/m0/s1. The third-order valence-corrected chi connectivity index (χ3v) is 4.45. The van der Waals surface area contributed by atoms with Crippen molar-refractivity contribution in [2.45, 2.75) is 36.3 Å². The largest absolute Gasteiger partial charge is 0.298 e. The quantitative estimate of drug-likeness (QED) is 0.758. The molecule has 2 rings (SSSR count). The Morgan fingerprint density at radius 2 is 2.00 bits per heavy atom. The van der Waals surface area contributed by atoms with Crippen LogP contribution in [0.1, 0.15) is 26.2 Å². The minimum Gasteiger partial charge on any atom is -0.298 e. The number of ketones is 1. The molecule has 0 aliphatic heterocycles. The van der Waals surface area contributed by atoms with Crippen LogP contribution in [-0.4, -0.2) is 11.0 Å². The van der Waals surface area contributed by atoms with Gasteiger partial charge in [-0.15, -0.1) is 11.8 Å². The summed E-state index contributed by atoms with van der Waals surface area (Å²) in [5.41, 5.74) is 0. The number of hydrogen-bond acceptors (Lipinski definition) is 2. The first-order valence-corrected chi connectivity index (χ1v) is 6.40. The topological polar surface area (TPSA) is 17.1 Å². The summed E-state index contributed by atoms with van der Waals surface area (Å²) >= 11 is 1.73. The summed E-state index contributed by atoms with van der Waals surface area (Å²) in [7, 11) is 0. The van der Waals surface area contributed by atoms with Gasteiger partial charge in [0.2, 0.25) is 0 Å². The van der Waals surface area contributed by atoms with E-state index in [1.54, 1.807) is 11.8 Å². The predicted octanol–water partition coefficient (Wildman–Crippen LogP) is 3.54. The SMILES string of the molecule is C[C@H]1CCCC(=O)[C@H]1Sc1ccccc1. The van der Waals surface area contributed by atoms with Crippen LogP contribution < -0.4 is 0 Å². The molecule has 0 N–H and O–H groups in total. The average Bonchev–Trinajstić information content (AvgIpc) is 2.25. The zero-order chi connectivity index (χ0) is 10.7. The highest BCUT2D eigenvalue weighted by molar-refractivity contribution is 8.00. The summed E-state index contributed by atoms with van der Waals surface area (Å²) in [4.78, 5) is 13.0. The van der Waals surface area contributed by atoms with Crippen molar-refractivity contribution in [3.63, 3.8) is 0 Å². The van der Waals surface area contributed by atoms with E-state index < -0.39 is 0 Å². The Labute approximate surface area is 95.3 Å². The summed E-state index contributed by atoms with van der Waals surface area (Å²) in [6.07, 6.45) is 3.04. The summed E-state index contributed by atoms with van der Waals surface area (Å²) in [6.45, 7) is 2.19. The lowest BCUT2D eigenvalue weighted by Crippen LogP contribution is -2.29. The third kappa shape index (κ3) is 2.63. The van der Waals surface area contributed by atoms with Gasteiger partial charge in [-0.05, 0) is 30.9 Å². The third-order valence-electron chi connectivity index (χ3n) is 2.92. The molecule has 1 saturated carbocycles. The van der Waals surface area contributed by atoms with Crippen molar-refractivity contribution in [3.05, 3.63) is 30.3 Å². The van der Waals surface area contributed by atoms with Gasteiger partial charge in [-0.2, -0.15) is 0 Å². The molecule has 1 fully saturated rings. The highest BCUT2D eigenvalue weighted by atomic mass is 32.2. The molecule has 1 aliphatic carbocycles. The molecular weight excluding hydrogens is 204 g/mol. The molecule has 1 aliphatic rings. The van der Waals surface area contributed by atoms with E-state index in [1.807, 2.05) is 18.2 Å². The maximum Gasteiger partial charge on any atom is 0.146 e. The van der Waals surface area contributed by atoms with Crippen molar-refractivity contribution in [2.24, 2.45) is 5.92 Å². The van der Waals surface area contributed by atoms with E-state index in [0.717, 1.165) is 12.8 Å². The van der Waals surface area contributed by atoms with Gasteiger partial charge in [0.25, 0.3) is 0 Å². The lowest BCUT2D eigenvalue weighted by Gasteiger charge is -2.26. The monoisotopic (exact) mass is 220 g/mol. The first-order valence-electron chi connectivity index (χ1n) is 5.52. The lowest BCUT2D eigenvalue weighted by molar-refractivity contribution is -0.120. The van der Waals surface area contributed by atoms with Gasteiger partial charge in [0.15, 0.2) is 0 Å². The van der Waals surface area contributed by atoms with Crippen molar-refractivity contribution < 1.29 is 4.79 Å². The van der Waals surface area contributed by atoms with E-state index in [-0.39, 0.29) is 5.25 Å². The summed E-state index contributed by atoms with van der Waals surface area (Å²) in [6, 6.07) is 10.2. The fourth-order valence-electron chi connectivity index (χ4n) is 2.04. The molecule has 0 aromatic heterocycles. The molecule has 0 bridgehead atoms. The number of hydrogen-bond donors (Lipinski definition) is 0. The van der Waals surface area contributed by atoms with Gasteiger partial charge in [-0.3, -0.25) is 4.79 Å². The van der Waals surface area contributed by atoms with Crippen LogP contribution in [0.5, 0.6) is 0 Å². The number of carbonyl (C=O) groups excluding carboxylic acids is 1. The second-order valence-corrected chi connectivity index (χ2v) is 5.40. The Morgan fingerprint density at radius 1 is 1.27 bits per heavy atom. The molecule has 0 amide bonds. The molecule has 1 aromatic rings. The highest BCUT2D eigenvalue weighted by Crippen LogP contribution is 2.35.